The van der Waals surface area contributed by atoms with Crippen molar-refractivity contribution >= 4 is 39.6 Å². The molecule has 4 rings (SSSR count). The van der Waals surface area contributed by atoms with Crippen LogP contribution in [0, 0.1) is 6.92 Å². The Morgan fingerprint density at radius 3 is 2.63 bits per heavy atom. The van der Waals surface area contributed by atoms with Crippen LogP contribution in [-0.2, 0) is 6.42 Å². The number of anilines is 2. The fraction of sp³-hybridized carbons (Fsp3) is 0.174. The summed E-state index contributed by atoms with van der Waals surface area (Å²) in [5.74, 6) is 1.22. The number of aryl methyl sites for hydroxylation is 1. The van der Waals surface area contributed by atoms with Gasteiger partial charge in [-0.2, -0.15) is 0 Å². The maximum Gasteiger partial charge on any atom is 0.335 e. The van der Waals surface area contributed by atoms with Crippen LogP contribution < -0.4 is 10.1 Å². The first-order chi connectivity index (χ1) is 14.5. The van der Waals surface area contributed by atoms with Gasteiger partial charge in [0, 0.05) is 16.9 Å². The number of carboxylic acid groups (broad SMARTS) is 1. The van der Waals surface area contributed by atoms with Crippen molar-refractivity contribution in [2.75, 3.05) is 12.4 Å². The van der Waals surface area contributed by atoms with E-state index in [4.69, 9.17) is 14.7 Å². The van der Waals surface area contributed by atoms with E-state index < -0.39 is 5.97 Å². The van der Waals surface area contributed by atoms with Gasteiger partial charge in [-0.15, -0.1) is 11.3 Å². The highest BCUT2D eigenvalue weighted by Gasteiger charge is 2.16. The number of methoxy groups -OCH3 is 1. The molecule has 152 valence electrons. The average molecular weight is 420 g/mol. The zero-order valence-corrected chi connectivity index (χ0v) is 17.7. The van der Waals surface area contributed by atoms with Crippen LogP contribution >= 0.6 is 11.3 Å². The minimum Gasteiger partial charge on any atom is -0.495 e. The van der Waals surface area contributed by atoms with Gasteiger partial charge in [0.25, 0.3) is 0 Å². The summed E-state index contributed by atoms with van der Waals surface area (Å²) in [5, 5.41) is 16.4. The van der Waals surface area contributed by atoms with Crippen LogP contribution in [-0.4, -0.2) is 28.2 Å². The molecular weight excluding hydrogens is 398 g/mol. The number of aromatic carboxylic acids is 1. The number of benzene rings is 2. The van der Waals surface area contributed by atoms with Crippen molar-refractivity contribution in [3.8, 4) is 16.5 Å². The molecule has 0 aliphatic rings. The fourth-order valence-corrected chi connectivity index (χ4v) is 4.23. The Hall–Kier alpha value is -3.45. The SMILES string of the molecule is CCc1c(C)nc(-c2sccc2OC)nc1Nc1ccc2cc(C(=O)O)ccc2c1. The van der Waals surface area contributed by atoms with Gasteiger partial charge in [0.2, 0.25) is 0 Å². The van der Waals surface area contributed by atoms with Gasteiger partial charge in [-0.25, -0.2) is 14.8 Å². The van der Waals surface area contributed by atoms with Crippen molar-refractivity contribution in [2.45, 2.75) is 20.3 Å². The molecule has 0 aliphatic heterocycles. The third kappa shape index (κ3) is 3.71. The molecule has 6 nitrogen and oxygen atoms in total. The van der Waals surface area contributed by atoms with Crippen LogP contribution in [0.5, 0.6) is 5.75 Å². The summed E-state index contributed by atoms with van der Waals surface area (Å²) >= 11 is 1.54. The molecule has 0 saturated heterocycles. The smallest absolute Gasteiger partial charge is 0.335 e. The lowest BCUT2D eigenvalue weighted by Crippen LogP contribution is -2.05. The van der Waals surface area contributed by atoms with Gasteiger partial charge in [-0.05, 0) is 59.8 Å². The number of thiophene rings is 1. The maximum absolute atomic E-state index is 11.2. The lowest BCUT2D eigenvalue weighted by atomic mass is 10.1. The van der Waals surface area contributed by atoms with Gasteiger partial charge in [-0.3, -0.25) is 0 Å². The summed E-state index contributed by atoms with van der Waals surface area (Å²) in [6, 6.07) is 12.8. The Labute approximate surface area is 178 Å². The van der Waals surface area contributed by atoms with Crippen molar-refractivity contribution in [3.05, 3.63) is 64.7 Å². The zero-order chi connectivity index (χ0) is 21.3. The monoisotopic (exact) mass is 419 g/mol. The topological polar surface area (TPSA) is 84.3 Å². The predicted octanol–water partition coefficient (Wildman–Crippen LogP) is 5.68. The second-order valence-corrected chi connectivity index (χ2v) is 7.75. The number of carbonyl (C=O) groups is 1. The Kier molecular flexibility index (Phi) is 5.37. The van der Waals surface area contributed by atoms with E-state index in [-0.39, 0.29) is 5.56 Å². The minimum atomic E-state index is -0.931. The molecule has 0 spiro atoms. The van der Waals surface area contributed by atoms with Crippen LogP contribution in [0.15, 0.2) is 47.8 Å². The van der Waals surface area contributed by atoms with Crippen molar-refractivity contribution in [3.63, 3.8) is 0 Å². The second-order valence-electron chi connectivity index (χ2n) is 6.84. The highest BCUT2D eigenvalue weighted by atomic mass is 32.1. The number of nitrogens with one attached hydrogen (secondary N) is 1. The Balaban J connectivity index is 1.74. The molecule has 30 heavy (non-hydrogen) atoms. The minimum absolute atomic E-state index is 0.275. The summed E-state index contributed by atoms with van der Waals surface area (Å²) in [6.45, 7) is 4.07. The highest BCUT2D eigenvalue weighted by molar-refractivity contribution is 7.13. The maximum atomic E-state index is 11.2. The van der Waals surface area contributed by atoms with Crippen molar-refractivity contribution in [1.29, 1.82) is 0 Å². The number of rotatable bonds is 6. The van der Waals surface area contributed by atoms with Gasteiger partial charge in [0.05, 0.1) is 12.7 Å². The lowest BCUT2D eigenvalue weighted by Gasteiger charge is -2.14. The molecule has 0 amide bonds. The summed E-state index contributed by atoms with van der Waals surface area (Å²) < 4.78 is 5.44. The molecule has 0 bridgehead atoms. The van der Waals surface area contributed by atoms with E-state index in [9.17, 15) is 9.90 Å². The van der Waals surface area contributed by atoms with Gasteiger partial charge in [-0.1, -0.05) is 19.1 Å². The molecule has 7 heteroatoms. The molecule has 0 unspecified atom stereocenters. The van der Waals surface area contributed by atoms with Gasteiger partial charge in [0.1, 0.15) is 16.4 Å². The molecule has 0 radical (unpaired) electrons. The van der Waals surface area contributed by atoms with Crippen LogP contribution in [0.2, 0.25) is 0 Å². The predicted molar refractivity (Wildman–Crippen MR) is 120 cm³/mol. The van der Waals surface area contributed by atoms with E-state index in [2.05, 4.69) is 12.2 Å². The van der Waals surface area contributed by atoms with E-state index in [1.807, 2.05) is 42.6 Å². The van der Waals surface area contributed by atoms with E-state index in [0.29, 0.717) is 5.82 Å². The molecule has 2 aromatic heterocycles. The van der Waals surface area contributed by atoms with Crippen molar-refractivity contribution in [2.24, 2.45) is 0 Å². The summed E-state index contributed by atoms with van der Waals surface area (Å²) in [5.41, 5.74) is 3.13. The number of aromatic nitrogens is 2. The van der Waals surface area contributed by atoms with Crippen molar-refractivity contribution < 1.29 is 14.6 Å². The first-order valence-corrected chi connectivity index (χ1v) is 10.4. The largest absolute Gasteiger partial charge is 0.495 e. The third-order valence-corrected chi connectivity index (χ3v) is 5.86. The number of ether oxygens (including phenoxy) is 1. The van der Waals surface area contributed by atoms with Crippen LogP contribution in [0.1, 0.15) is 28.5 Å². The molecule has 0 atom stereocenters. The van der Waals surface area contributed by atoms with Crippen LogP contribution in [0.4, 0.5) is 11.5 Å². The van der Waals surface area contributed by atoms with Crippen LogP contribution in [0.25, 0.3) is 21.5 Å². The summed E-state index contributed by atoms with van der Waals surface area (Å²) in [7, 11) is 1.64. The Bertz CT molecular complexity index is 1250. The standard InChI is InChI=1S/C23H21N3O3S/c1-4-18-13(2)24-22(20-19(29-3)9-10-30-20)26-21(18)25-17-8-7-14-11-16(23(27)28)6-5-15(14)12-17/h5-12H,4H2,1-3H3,(H,27,28)(H,24,25,26). The van der Waals surface area contributed by atoms with E-state index in [1.165, 1.54) is 0 Å². The summed E-state index contributed by atoms with van der Waals surface area (Å²) in [6.07, 6.45) is 0.797. The van der Waals surface area contributed by atoms with Gasteiger partial charge < -0.3 is 15.2 Å². The lowest BCUT2D eigenvalue weighted by molar-refractivity contribution is 0.0697. The van der Waals surface area contributed by atoms with Gasteiger partial charge >= 0.3 is 5.97 Å². The van der Waals surface area contributed by atoms with E-state index >= 15 is 0 Å². The Morgan fingerprint density at radius 2 is 1.90 bits per heavy atom. The first kappa shape index (κ1) is 19.8. The molecule has 0 saturated carbocycles. The molecule has 4 aromatic rings. The Morgan fingerprint density at radius 1 is 1.13 bits per heavy atom. The second kappa shape index (κ2) is 8.12. The third-order valence-electron chi connectivity index (χ3n) is 4.97. The van der Waals surface area contributed by atoms with Gasteiger partial charge in [0.15, 0.2) is 5.82 Å². The average Bonchev–Trinajstić information content (AvgIpc) is 3.22. The zero-order valence-electron chi connectivity index (χ0n) is 16.9. The molecule has 0 fully saturated rings. The molecule has 2 aromatic carbocycles. The first-order valence-electron chi connectivity index (χ1n) is 9.53. The number of fused-ring (bicyclic) bond motifs is 1. The van der Waals surface area contributed by atoms with E-state index in [1.54, 1.807) is 30.6 Å². The fourth-order valence-electron chi connectivity index (χ4n) is 3.44. The number of carboxylic acids is 1. The normalized spacial score (nSPS) is 10.9. The van der Waals surface area contributed by atoms with Crippen molar-refractivity contribution in [1.82, 2.24) is 9.97 Å². The number of hydrogen-bond acceptors (Lipinski definition) is 6. The quantitative estimate of drug-likeness (QED) is 0.418. The molecule has 2 heterocycles. The molecule has 0 aliphatic carbocycles. The van der Waals surface area contributed by atoms with Crippen LogP contribution in [0.3, 0.4) is 0 Å². The number of nitrogens with zero attached hydrogens (tertiary/aromatic N) is 2. The molecule has 2 N–H and O–H groups in total. The molecular formula is C23H21N3O3S. The summed E-state index contributed by atoms with van der Waals surface area (Å²) in [4.78, 5) is 21.6. The van der Waals surface area contributed by atoms with E-state index in [0.717, 1.165) is 50.6 Å². The number of hydrogen-bond donors (Lipinski definition) is 2. The highest BCUT2D eigenvalue weighted by Crippen LogP contribution is 2.35.